The molecular formula is C21H21BrN2O3. The third kappa shape index (κ3) is 4.46. The van der Waals surface area contributed by atoms with Crippen LogP contribution >= 0.6 is 15.9 Å². The highest BCUT2D eigenvalue weighted by Gasteiger charge is 2.18. The maximum Gasteiger partial charge on any atom is 0.287 e. The van der Waals surface area contributed by atoms with Crippen molar-refractivity contribution in [3.63, 3.8) is 0 Å². The van der Waals surface area contributed by atoms with Crippen molar-refractivity contribution in [1.29, 1.82) is 0 Å². The number of rotatable bonds is 5. The van der Waals surface area contributed by atoms with Crippen LogP contribution in [0, 0.1) is 6.92 Å². The first-order chi connectivity index (χ1) is 12.8. The van der Waals surface area contributed by atoms with Crippen LogP contribution in [0.1, 0.15) is 27.7 Å². The molecule has 6 heteroatoms. The van der Waals surface area contributed by atoms with Gasteiger partial charge in [-0.15, -0.1) is 0 Å². The minimum atomic E-state index is -0.407. The van der Waals surface area contributed by atoms with Gasteiger partial charge in [0.25, 0.3) is 5.91 Å². The Kier molecular flexibility index (Phi) is 5.77. The Hall–Kier alpha value is -2.44. The van der Waals surface area contributed by atoms with Crippen LogP contribution < -0.4 is 10.7 Å². The average Bonchev–Trinajstić information content (AvgIpc) is 2.63. The first-order valence-electron chi connectivity index (χ1n) is 8.60. The summed E-state index contributed by atoms with van der Waals surface area (Å²) in [5, 5.41) is 3.31. The molecule has 0 aliphatic heterocycles. The minimum Gasteiger partial charge on any atom is -0.451 e. The van der Waals surface area contributed by atoms with Crippen molar-refractivity contribution in [2.24, 2.45) is 0 Å². The normalized spacial score (nSPS) is 12.3. The zero-order valence-electron chi connectivity index (χ0n) is 15.5. The van der Waals surface area contributed by atoms with Gasteiger partial charge < -0.3 is 14.6 Å². The molecule has 0 bridgehead atoms. The van der Waals surface area contributed by atoms with Crippen molar-refractivity contribution in [2.45, 2.75) is 13.0 Å². The fourth-order valence-corrected chi connectivity index (χ4v) is 3.27. The van der Waals surface area contributed by atoms with E-state index in [2.05, 4.69) is 33.4 Å². The van der Waals surface area contributed by atoms with Crippen molar-refractivity contribution >= 4 is 32.8 Å². The number of hydrogen-bond acceptors (Lipinski definition) is 4. The number of hydrogen-bond donors (Lipinski definition) is 1. The molecule has 27 heavy (non-hydrogen) atoms. The van der Waals surface area contributed by atoms with Crippen molar-refractivity contribution in [2.75, 3.05) is 20.6 Å². The molecular weight excluding hydrogens is 408 g/mol. The summed E-state index contributed by atoms with van der Waals surface area (Å²) in [6, 6.07) is 14.6. The zero-order valence-corrected chi connectivity index (χ0v) is 17.0. The van der Waals surface area contributed by atoms with Crippen LogP contribution in [-0.2, 0) is 0 Å². The maximum atomic E-state index is 12.5. The van der Waals surface area contributed by atoms with Gasteiger partial charge in [-0.2, -0.15) is 0 Å². The molecule has 0 saturated carbocycles. The molecule has 1 heterocycles. The third-order valence-corrected chi connectivity index (χ3v) is 4.95. The first kappa shape index (κ1) is 19.3. The zero-order chi connectivity index (χ0) is 19.6. The number of carbonyl (C=O) groups excluding carboxylic acids is 1. The number of nitrogens with one attached hydrogen (secondary N) is 1. The Balaban J connectivity index is 1.80. The second-order valence-corrected chi connectivity index (χ2v) is 7.63. The highest BCUT2D eigenvalue weighted by molar-refractivity contribution is 9.10. The van der Waals surface area contributed by atoms with Crippen LogP contribution in [-0.4, -0.2) is 31.4 Å². The van der Waals surface area contributed by atoms with Crippen LogP contribution in [0.2, 0.25) is 0 Å². The van der Waals surface area contributed by atoms with Crippen LogP contribution in [0.3, 0.4) is 0 Å². The van der Waals surface area contributed by atoms with E-state index in [1.165, 1.54) is 11.6 Å². The topological polar surface area (TPSA) is 62.6 Å². The van der Waals surface area contributed by atoms with E-state index in [9.17, 15) is 9.59 Å². The van der Waals surface area contributed by atoms with Gasteiger partial charge in [0, 0.05) is 17.1 Å². The third-order valence-electron chi connectivity index (χ3n) is 4.45. The molecule has 0 saturated heterocycles. The van der Waals surface area contributed by atoms with Gasteiger partial charge in [0.15, 0.2) is 11.2 Å². The fourth-order valence-electron chi connectivity index (χ4n) is 2.90. The monoisotopic (exact) mass is 428 g/mol. The van der Waals surface area contributed by atoms with Gasteiger partial charge in [-0.05, 0) is 44.8 Å². The van der Waals surface area contributed by atoms with E-state index in [0.717, 1.165) is 10.0 Å². The molecule has 1 unspecified atom stereocenters. The summed E-state index contributed by atoms with van der Waals surface area (Å²) in [6.07, 6.45) is 0. The van der Waals surface area contributed by atoms with Gasteiger partial charge in [0.05, 0.1) is 11.4 Å². The lowest BCUT2D eigenvalue weighted by Gasteiger charge is -2.25. The van der Waals surface area contributed by atoms with E-state index >= 15 is 0 Å². The molecule has 3 aromatic rings. The molecule has 140 valence electrons. The summed E-state index contributed by atoms with van der Waals surface area (Å²) < 4.78 is 6.41. The van der Waals surface area contributed by atoms with E-state index in [1.54, 1.807) is 18.2 Å². The number of aryl methyl sites for hydroxylation is 1. The molecule has 3 rings (SSSR count). The first-order valence-corrected chi connectivity index (χ1v) is 9.39. The van der Waals surface area contributed by atoms with Crippen LogP contribution in [0.25, 0.3) is 11.0 Å². The quantitative estimate of drug-likeness (QED) is 0.669. The molecule has 1 amide bonds. The number of fused-ring (bicyclic) bond motifs is 1. The number of carbonyl (C=O) groups is 1. The standard InChI is InChI=1S/C21H21BrN2O3/c1-13-4-6-14(7-5-13)17(24(2)3)12-23-21(26)20-11-18(25)16-10-15(22)8-9-19(16)27-20/h4-11,17H,12H2,1-3H3,(H,23,26). The SMILES string of the molecule is Cc1ccc(C(CNC(=O)c2cc(=O)c3cc(Br)ccc3o2)N(C)C)cc1. The second kappa shape index (κ2) is 8.06. The van der Waals surface area contributed by atoms with E-state index in [0.29, 0.717) is 17.5 Å². The lowest BCUT2D eigenvalue weighted by molar-refractivity contribution is 0.0914. The molecule has 0 fully saturated rings. The summed E-state index contributed by atoms with van der Waals surface area (Å²) in [5.41, 5.74) is 2.43. The van der Waals surface area contributed by atoms with Crippen molar-refractivity contribution in [1.82, 2.24) is 10.2 Å². The van der Waals surface area contributed by atoms with Crippen molar-refractivity contribution in [3.8, 4) is 0 Å². The minimum absolute atomic E-state index is 0.0104. The summed E-state index contributed by atoms with van der Waals surface area (Å²) in [4.78, 5) is 26.9. The number of likely N-dealkylation sites (N-methyl/N-ethyl adjacent to an activating group) is 1. The Bertz CT molecular complexity index is 1030. The van der Waals surface area contributed by atoms with Crippen molar-refractivity contribution < 1.29 is 9.21 Å². The summed E-state index contributed by atoms with van der Waals surface area (Å²) in [5.74, 6) is -0.396. The van der Waals surface area contributed by atoms with Crippen LogP contribution in [0.4, 0.5) is 0 Å². The molecule has 1 atom stereocenters. The van der Waals surface area contributed by atoms with Crippen molar-refractivity contribution in [3.05, 3.63) is 80.1 Å². The lowest BCUT2D eigenvalue weighted by Crippen LogP contribution is -2.34. The van der Waals surface area contributed by atoms with Gasteiger partial charge in [0.1, 0.15) is 5.58 Å². The van der Waals surface area contributed by atoms with Gasteiger partial charge in [-0.3, -0.25) is 9.59 Å². The molecule has 0 aliphatic rings. The van der Waals surface area contributed by atoms with Gasteiger partial charge in [0.2, 0.25) is 0 Å². The highest BCUT2D eigenvalue weighted by atomic mass is 79.9. The number of benzene rings is 2. The largest absolute Gasteiger partial charge is 0.451 e. The van der Waals surface area contributed by atoms with E-state index in [4.69, 9.17) is 4.42 Å². The van der Waals surface area contributed by atoms with E-state index in [1.807, 2.05) is 38.1 Å². The Morgan fingerprint density at radius 1 is 1.15 bits per heavy atom. The van der Waals surface area contributed by atoms with Gasteiger partial charge >= 0.3 is 0 Å². The highest BCUT2D eigenvalue weighted by Crippen LogP contribution is 2.20. The smallest absolute Gasteiger partial charge is 0.287 e. The predicted octanol–water partition coefficient (Wildman–Crippen LogP) is 3.90. The number of nitrogens with zero attached hydrogens (tertiary/aromatic N) is 1. The lowest BCUT2D eigenvalue weighted by atomic mass is 10.0. The fraction of sp³-hybridized carbons (Fsp3) is 0.238. The predicted molar refractivity (Wildman–Crippen MR) is 110 cm³/mol. The molecule has 1 aromatic heterocycles. The summed E-state index contributed by atoms with van der Waals surface area (Å²) in [6.45, 7) is 2.44. The molecule has 0 radical (unpaired) electrons. The number of amides is 1. The van der Waals surface area contributed by atoms with E-state index < -0.39 is 5.91 Å². The molecule has 0 spiro atoms. The summed E-state index contributed by atoms with van der Waals surface area (Å²) >= 11 is 3.33. The second-order valence-electron chi connectivity index (χ2n) is 6.72. The Labute approximate surface area is 166 Å². The molecule has 5 nitrogen and oxygen atoms in total. The van der Waals surface area contributed by atoms with Crippen LogP contribution in [0.15, 0.2) is 62.2 Å². The van der Waals surface area contributed by atoms with Gasteiger partial charge in [-0.1, -0.05) is 45.8 Å². The molecule has 1 N–H and O–H groups in total. The van der Waals surface area contributed by atoms with Gasteiger partial charge in [-0.25, -0.2) is 0 Å². The van der Waals surface area contributed by atoms with Crippen LogP contribution in [0.5, 0.6) is 0 Å². The number of halogens is 1. The molecule has 2 aromatic carbocycles. The average molecular weight is 429 g/mol. The summed E-state index contributed by atoms with van der Waals surface area (Å²) in [7, 11) is 3.93. The van der Waals surface area contributed by atoms with E-state index in [-0.39, 0.29) is 17.2 Å². The maximum absolute atomic E-state index is 12.5. The Morgan fingerprint density at radius 2 is 1.85 bits per heavy atom. The molecule has 0 aliphatic carbocycles. The Morgan fingerprint density at radius 3 is 2.52 bits per heavy atom.